The van der Waals surface area contributed by atoms with Crippen LogP contribution in [0.4, 0.5) is 0 Å². The van der Waals surface area contributed by atoms with E-state index in [-0.39, 0.29) is 40.1 Å². The van der Waals surface area contributed by atoms with E-state index in [9.17, 15) is 5.11 Å². The van der Waals surface area contributed by atoms with Crippen LogP contribution in [-0.2, 0) is 9.47 Å². The van der Waals surface area contributed by atoms with Crippen LogP contribution < -0.4 is 0 Å². The van der Waals surface area contributed by atoms with Gasteiger partial charge in [0.2, 0.25) is 0 Å². The van der Waals surface area contributed by atoms with Crippen LogP contribution in [0.5, 0.6) is 0 Å². The zero-order valence-electron chi connectivity index (χ0n) is 10.4. The maximum absolute atomic E-state index is 10.5. The highest BCUT2D eigenvalue weighted by Crippen LogP contribution is 2.78. The molecule has 0 aromatic rings. The molecule has 0 aromatic carbocycles. The number of hydrogen-bond acceptors (Lipinski definition) is 3. The van der Waals surface area contributed by atoms with E-state index in [1.54, 1.807) is 0 Å². The molecule has 0 radical (unpaired) electrons. The molecule has 19 heavy (non-hydrogen) atoms. The van der Waals surface area contributed by atoms with Gasteiger partial charge in [-0.15, -0.1) is 23.2 Å². The second-order valence-electron chi connectivity index (χ2n) is 6.55. The number of alkyl halides is 2. The molecular formula is C14H16Cl2O3. The third kappa shape index (κ3) is 1.06. The first-order valence-corrected chi connectivity index (χ1v) is 7.99. The lowest BCUT2D eigenvalue weighted by Crippen LogP contribution is -2.64. The summed E-state index contributed by atoms with van der Waals surface area (Å²) in [7, 11) is 0. The third-order valence-electron chi connectivity index (χ3n) is 5.95. The van der Waals surface area contributed by atoms with Gasteiger partial charge in [-0.1, -0.05) is 0 Å². The van der Waals surface area contributed by atoms with E-state index in [1.807, 2.05) is 0 Å². The van der Waals surface area contributed by atoms with E-state index >= 15 is 0 Å². The van der Waals surface area contributed by atoms with Crippen molar-refractivity contribution in [2.75, 3.05) is 6.61 Å². The minimum absolute atomic E-state index is 0.0412. The summed E-state index contributed by atoms with van der Waals surface area (Å²) in [6.07, 6.45) is 2.97. The van der Waals surface area contributed by atoms with Gasteiger partial charge in [-0.3, -0.25) is 0 Å². The molecule has 6 rings (SSSR count). The zero-order chi connectivity index (χ0) is 13.0. The van der Waals surface area contributed by atoms with Gasteiger partial charge in [0.15, 0.2) is 0 Å². The largest absolute Gasteiger partial charge is 0.389 e. The normalized spacial score (nSPS) is 61.7. The second kappa shape index (κ2) is 3.33. The van der Waals surface area contributed by atoms with Crippen molar-refractivity contribution in [3.05, 3.63) is 11.1 Å². The first-order valence-electron chi connectivity index (χ1n) is 7.12. The van der Waals surface area contributed by atoms with Gasteiger partial charge < -0.3 is 14.6 Å². The van der Waals surface area contributed by atoms with Crippen molar-refractivity contribution in [2.45, 2.75) is 60.4 Å². The number of ether oxygens (including phenoxy) is 2. The molecule has 1 N–H and O–H groups in total. The molecular weight excluding hydrogens is 287 g/mol. The lowest BCUT2D eigenvalue weighted by molar-refractivity contribution is -0.188. The summed E-state index contributed by atoms with van der Waals surface area (Å²) >= 11 is 13.2. The maximum Gasteiger partial charge on any atom is 0.100 e. The second-order valence-corrected chi connectivity index (χ2v) is 7.55. The molecule has 2 saturated heterocycles. The van der Waals surface area contributed by atoms with E-state index in [4.69, 9.17) is 32.7 Å². The monoisotopic (exact) mass is 302 g/mol. The topological polar surface area (TPSA) is 38.7 Å². The van der Waals surface area contributed by atoms with E-state index in [0.717, 1.165) is 36.8 Å². The van der Waals surface area contributed by atoms with Crippen molar-refractivity contribution < 1.29 is 14.6 Å². The van der Waals surface area contributed by atoms with Crippen molar-refractivity contribution in [3.63, 3.8) is 0 Å². The first kappa shape index (κ1) is 11.8. The molecule has 3 aliphatic carbocycles. The van der Waals surface area contributed by atoms with Gasteiger partial charge >= 0.3 is 0 Å². The first-order chi connectivity index (χ1) is 9.12. The van der Waals surface area contributed by atoms with Gasteiger partial charge in [0.25, 0.3) is 0 Å². The van der Waals surface area contributed by atoms with E-state index in [0.29, 0.717) is 6.61 Å². The number of hydrogen-bond donors (Lipinski definition) is 1. The van der Waals surface area contributed by atoms with Crippen molar-refractivity contribution >= 4 is 23.2 Å². The minimum Gasteiger partial charge on any atom is -0.389 e. The van der Waals surface area contributed by atoms with Crippen molar-refractivity contribution in [1.82, 2.24) is 0 Å². The van der Waals surface area contributed by atoms with Gasteiger partial charge in [0, 0.05) is 6.61 Å². The number of halogens is 2. The fraction of sp³-hybridized carbons (Fsp3) is 0.857. The molecule has 5 heteroatoms. The standard InChI is InChI=1S/C14H16Cl2O3/c15-6-1-2-7(17)10-9(6)11-12(16)14-5-13(10,14)8(19-11)3-4-18-14/h6-8,11-12,17H,1-5H2/t6-,7?,8?,11?,12-,13-,14+/m0/s1. The average molecular weight is 303 g/mol. The Morgan fingerprint density at radius 3 is 2.89 bits per heavy atom. The van der Waals surface area contributed by atoms with Gasteiger partial charge in [-0.05, 0) is 36.8 Å². The smallest absolute Gasteiger partial charge is 0.100 e. The van der Waals surface area contributed by atoms with E-state index < -0.39 is 0 Å². The highest BCUT2D eigenvalue weighted by Gasteiger charge is 2.85. The SMILES string of the molecule is OC1CC[C@H](Cl)C2=C1[C@@]13C[C@]14OCCC3OC2[C@@H]4Cl. The molecule has 6 aliphatic rings. The van der Waals surface area contributed by atoms with Crippen molar-refractivity contribution in [1.29, 1.82) is 0 Å². The summed E-state index contributed by atoms with van der Waals surface area (Å²) in [6.45, 7) is 0.714. The number of rotatable bonds is 0. The van der Waals surface area contributed by atoms with Crippen LogP contribution in [0, 0.1) is 5.41 Å². The Morgan fingerprint density at radius 2 is 2.05 bits per heavy atom. The Bertz CT molecular complexity index is 507. The molecule has 0 amide bonds. The highest BCUT2D eigenvalue weighted by molar-refractivity contribution is 6.25. The van der Waals surface area contributed by atoms with Crippen molar-refractivity contribution in [2.24, 2.45) is 5.41 Å². The molecule has 1 spiro atoms. The lowest BCUT2D eigenvalue weighted by atomic mass is 9.65. The predicted octanol–water partition coefficient (Wildman–Crippen LogP) is 1.98. The molecule has 3 nitrogen and oxygen atoms in total. The van der Waals surface area contributed by atoms with Crippen molar-refractivity contribution in [3.8, 4) is 0 Å². The molecule has 3 fully saturated rings. The number of aliphatic hydroxyl groups is 1. The summed E-state index contributed by atoms with van der Waals surface area (Å²) < 4.78 is 12.3. The summed E-state index contributed by atoms with van der Waals surface area (Å²) in [6, 6.07) is 0. The highest BCUT2D eigenvalue weighted by atomic mass is 35.5. The van der Waals surface area contributed by atoms with Crippen LogP contribution in [0.2, 0.25) is 0 Å². The van der Waals surface area contributed by atoms with Gasteiger partial charge in [-0.25, -0.2) is 0 Å². The Hall–Kier alpha value is 0.200. The Balaban J connectivity index is 1.77. The summed E-state index contributed by atoms with van der Waals surface area (Å²) in [5.74, 6) is 0. The average Bonchev–Trinajstić information content (AvgIpc) is 3.10. The number of aliphatic hydroxyl groups excluding tert-OH is 1. The fourth-order valence-corrected chi connectivity index (χ4v) is 6.11. The van der Waals surface area contributed by atoms with Crippen LogP contribution in [0.25, 0.3) is 0 Å². The van der Waals surface area contributed by atoms with Gasteiger partial charge in [0.05, 0.1) is 34.5 Å². The predicted molar refractivity (Wildman–Crippen MR) is 70.6 cm³/mol. The maximum atomic E-state index is 10.5. The molecule has 104 valence electrons. The quantitative estimate of drug-likeness (QED) is 0.549. The molecule has 4 bridgehead atoms. The van der Waals surface area contributed by atoms with Gasteiger partial charge in [0.1, 0.15) is 5.60 Å². The zero-order valence-corrected chi connectivity index (χ0v) is 12.0. The molecule has 3 unspecified atom stereocenters. The fourth-order valence-electron chi connectivity index (χ4n) is 5.21. The van der Waals surface area contributed by atoms with Crippen LogP contribution in [0.1, 0.15) is 25.7 Å². The van der Waals surface area contributed by atoms with Crippen LogP contribution in [-0.4, -0.2) is 46.4 Å². The Kier molecular flexibility index (Phi) is 2.07. The molecule has 0 aromatic heterocycles. The summed E-state index contributed by atoms with van der Waals surface area (Å²) in [5, 5.41) is 10.3. The van der Waals surface area contributed by atoms with E-state index in [2.05, 4.69) is 0 Å². The summed E-state index contributed by atoms with van der Waals surface area (Å²) in [4.78, 5) is 0. The molecule has 1 saturated carbocycles. The Morgan fingerprint density at radius 1 is 1.21 bits per heavy atom. The molecule has 7 atom stereocenters. The minimum atomic E-state index is -0.383. The third-order valence-corrected chi connectivity index (χ3v) is 6.98. The molecule has 3 heterocycles. The van der Waals surface area contributed by atoms with Gasteiger partial charge in [-0.2, -0.15) is 0 Å². The van der Waals surface area contributed by atoms with Crippen LogP contribution >= 0.6 is 23.2 Å². The van der Waals surface area contributed by atoms with Crippen LogP contribution in [0.3, 0.4) is 0 Å². The Labute approximate surface area is 121 Å². The van der Waals surface area contributed by atoms with E-state index in [1.165, 1.54) is 0 Å². The lowest BCUT2D eigenvalue weighted by Gasteiger charge is -2.56. The molecule has 3 aliphatic heterocycles. The summed E-state index contributed by atoms with van der Waals surface area (Å²) in [5.41, 5.74) is 1.76. The van der Waals surface area contributed by atoms with Crippen LogP contribution in [0.15, 0.2) is 11.1 Å².